The van der Waals surface area contributed by atoms with Gasteiger partial charge in [-0.3, -0.25) is 4.79 Å². The zero-order valence-corrected chi connectivity index (χ0v) is 12.1. The number of rotatable bonds is 2. The zero-order valence-electron chi connectivity index (χ0n) is 10.4. The minimum atomic E-state index is -3.30. The van der Waals surface area contributed by atoms with Crippen LogP contribution in [0.1, 0.15) is 10.4 Å². The normalized spacial score (nSPS) is 20.3. The van der Waals surface area contributed by atoms with Gasteiger partial charge < -0.3 is 10.6 Å². The number of hydrogen-bond acceptors (Lipinski definition) is 6. The first-order valence-corrected chi connectivity index (χ1v) is 8.79. The molecule has 1 amide bonds. The molecular formula is C11H15N3O3S2. The lowest BCUT2D eigenvalue weighted by molar-refractivity contribution is 0.0749. The molecule has 6 nitrogen and oxygen atoms in total. The highest BCUT2D eigenvalue weighted by Gasteiger charge is 2.34. The molecule has 0 spiro atoms. The van der Waals surface area contributed by atoms with Crippen molar-refractivity contribution in [1.29, 1.82) is 0 Å². The fraction of sp³-hybridized carbons (Fsp3) is 0.455. The molecule has 0 radical (unpaired) electrons. The summed E-state index contributed by atoms with van der Waals surface area (Å²) < 4.78 is 23.5. The van der Waals surface area contributed by atoms with E-state index >= 15 is 0 Å². The van der Waals surface area contributed by atoms with E-state index in [4.69, 9.17) is 5.73 Å². The van der Waals surface area contributed by atoms with Crippen LogP contribution in [0, 0.1) is 0 Å². The monoisotopic (exact) mass is 301 g/mol. The third-order valence-electron chi connectivity index (χ3n) is 2.87. The number of aromatic nitrogens is 1. The van der Waals surface area contributed by atoms with Crippen LogP contribution in [0.2, 0.25) is 0 Å². The van der Waals surface area contributed by atoms with Crippen LogP contribution in [0.25, 0.3) is 0 Å². The number of carbonyl (C=O) groups is 1. The molecule has 0 aromatic carbocycles. The molecule has 1 fully saturated rings. The molecule has 104 valence electrons. The summed E-state index contributed by atoms with van der Waals surface area (Å²) in [5, 5.41) is -0.767. The van der Waals surface area contributed by atoms with Gasteiger partial charge in [-0.2, -0.15) is 11.8 Å². The fourth-order valence-corrected chi connectivity index (χ4v) is 4.68. The molecule has 19 heavy (non-hydrogen) atoms. The predicted molar refractivity (Wildman–Crippen MR) is 75.6 cm³/mol. The Kier molecular flexibility index (Phi) is 4.00. The maximum Gasteiger partial charge on any atom is 0.256 e. The van der Waals surface area contributed by atoms with Crippen LogP contribution in [-0.4, -0.2) is 53.9 Å². The molecular weight excluding hydrogens is 286 g/mol. The summed E-state index contributed by atoms with van der Waals surface area (Å²) in [5.41, 5.74) is 5.82. The summed E-state index contributed by atoms with van der Waals surface area (Å²) in [6.45, 7) is 0.422. The van der Waals surface area contributed by atoms with Crippen LogP contribution in [0.5, 0.6) is 0 Å². The van der Waals surface area contributed by atoms with Crippen LogP contribution in [0.3, 0.4) is 0 Å². The van der Waals surface area contributed by atoms with Crippen molar-refractivity contribution < 1.29 is 13.2 Å². The Labute approximate surface area is 116 Å². The minimum Gasteiger partial charge on any atom is -0.384 e. The number of carbonyl (C=O) groups excluding carboxylic acids is 1. The summed E-state index contributed by atoms with van der Waals surface area (Å²) in [5.74, 6) is 1.15. The van der Waals surface area contributed by atoms with Crippen molar-refractivity contribution >= 4 is 33.3 Å². The third-order valence-corrected chi connectivity index (χ3v) is 5.52. The summed E-state index contributed by atoms with van der Waals surface area (Å²) in [6, 6.07) is 3.09. The van der Waals surface area contributed by atoms with E-state index < -0.39 is 15.2 Å². The molecule has 1 saturated heterocycles. The smallest absolute Gasteiger partial charge is 0.256 e. The Morgan fingerprint density at radius 2 is 2.26 bits per heavy atom. The first kappa shape index (κ1) is 14.1. The van der Waals surface area contributed by atoms with Crippen LogP contribution in [-0.2, 0) is 9.84 Å². The van der Waals surface area contributed by atoms with Crippen molar-refractivity contribution in [2.24, 2.45) is 0 Å². The average Bonchev–Trinajstić information content (AvgIpc) is 2.38. The van der Waals surface area contributed by atoms with Crippen molar-refractivity contribution in [3.8, 4) is 0 Å². The number of hydrogen-bond donors (Lipinski definition) is 1. The Hall–Kier alpha value is -1.28. The van der Waals surface area contributed by atoms with Gasteiger partial charge in [-0.25, -0.2) is 13.4 Å². The Morgan fingerprint density at radius 3 is 2.84 bits per heavy atom. The molecule has 1 aromatic rings. The molecule has 1 atom stereocenters. The van der Waals surface area contributed by atoms with Crippen molar-refractivity contribution in [1.82, 2.24) is 9.88 Å². The molecule has 0 bridgehead atoms. The second-order valence-corrected chi connectivity index (χ2v) is 7.68. The number of nitrogens with two attached hydrogens (primary N) is 1. The molecule has 0 aliphatic carbocycles. The van der Waals surface area contributed by atoms with E-state index in [-0.39, 0.29) is 5.91 Å². The van der Waals surface area contributed by atoms with Crippen molar-refractivity contribution in [3.63, 3.8) is 0 Å². The summed E-state index contributed by atoms with van der Waals surface area (Å²) >= 11 is 1.54. The second-order valence-electron chi connectivity index (χ2n) is 4.33. The van der Waals surface area contributed by atoms with Crippen LogP contribution in [0.15, 0.2) is 18.3 Å². The van der Waals surface area contributed by atoms with E-state index in [1.54, 1.807) is 17.8 Å². The van der Waals surface area contributed by atoms with Crippen molar-refractivity contribution in [2.45, 2.75) is 5.37 Å². The summed E-state index contributed by atoms with van der Waals surface area (Å²) in [4.78, 5) is 17.6. The second kappa shape index (κ2) is 5.38. The lowest BCUT2D eigenvalue weighted by Gasteiger charge is -2.34. The van der Waals surface area contributed by atoms with Gasteiger partial charge in [-0.15, -0.1) is 0 Å². The van der Waals surface area contributed by atoms with E-state index in [1.165, 1.54) is 17.2 Å². The number of amides is 1. The molecule has 2 rings (SSSR count). The predicted octanol–water partition coefficient (Wildman–Crippen LogP) is 0.223. The minimum absolute atomic E-state index is 0.316. The highest BCUT2D eigenvalue weighted by atomic mass is 32.2. The highest BCUT2D eigenvalue weighted by molar-refractivity contribution is 8.00. The third kappa shape index (κ3) is 3.19. The van der Waals surface area contributed by atoms with E-state index in [0.29, 0.717) is 23.7 Å². The van der Waals surface area contributed by atoms with Gasteiger partial charge in [-0.05, 0) is 12.1 Å². The Morgan fingerprint density at radius 1 is 1.53 bits per heavy atom. The van der Waals surface area contributed by atoms with Crippen molar-refractivity contribution in [2.75, 3.05) is 30.0 Å². The number of thioether (sulfide) groups is 1. The van der Waals surface area contributed by atoms with Crippen LogP contribution in [0.4, 0.5) is 5.82 Å². The number of anilines is 1. The molecule has 1 aliphatic rings. The first-order chi connectivity index (χ1) is 8.89. The Bertz CT molecular complexity index is 571. The topological polar surface area (TPSA) is 93.4 Å². The lowest BCUT2D eigenvalue weighted by atomic mass is 10.2. The average molecular weight is 301 g/mol. The number of nitrogens with zero attached hydrogens (tertiary/aromatic N) is 2. The maximum absolute atomic E-state index is 12.3. The van der Waals surface area contributed by atoms with Gasteiger partial charge in [0.05, 0.1) is 5.56 Å². The SMILES string of the molecule is CS(=O)(=O)C1CSCCN1C(=O)c1ccc(N)nc1. The standard InChI is InChI=1S/C11H15N3O3S2/c1-19(16,17)10-7-18-5-4-14(10)11(15)8-2-3-9(12)13-6-8/h2-3,6,10H,4-5,7H2,1H3,(H2,12,13). The van der Waals surface area contributed by atoms with Crippen LogP contribution >= 0.6 is 11.8 Å². The lowest BCUT2D eigenvalue weighted by Crippen LogP contribution is -2.49. The van der Waals surface area contributed by atoms with Gasteiger partial charge in [0.1, 0.15) is 11.2 Å². The molecule has 1 unspecified atom stereocenters. The Balaban J connectivity index is 2.27. The first-order valence-electron chi connectivity index (χ1n) is 5.68. The van der Waals surface area contributed by atoms with Gasteiger partial charge >= 0.3 is 0 Å². The van der Waals surface area contributed by atoms with E-state index in [1.807, 2.05) is 0 Å². The van der Waals surface area contributed by atoms with Crippen LogP contribution < -0.4 is 5.73 Å². The summed E-state index contributed by atoms with van der Waals surface area (Å²) in [6.07, 6.45) is 2.53. The number of nitrogen functional groups attached to an aromatic ring is 1. The molecule has 1 aromatic heterocycles. The summed E-state index contributed by atoms with van der Waals surface area (Å²) in [7, 11) is -3.30. The number of sulfone groups is 1. The molecule has 8 heteroatoms. The van der Waals surface area contributed by atoms with Gasteiger partial charge in [-0.1, -0.05) is 0 Å². The highest BCUT2D eigenvalue weighted by Crippen LogP contribution is 2.22. The van der Waals surface area contributed by atoms with Gasteiger partial charge in [0.2, 0.25) is 0 Å². The van der Waals surface area contributed by atoms with Gasteiger partial charge in [0, 0.05) is 30.5 Å². The van der Waals surface area contributed by atoms with E-state index in [2.05, 4.69) is 4.98 Å². The maximum atomic E-state index is 12.3. The van der Waals surface area contributed by atoms with Gasteiger partial charge in [0.15, 0.2) is 9.84 Å². The molecule has 2 N–H and O–H groups in total. The van der Waals surface area contributed by atoms with Crippen molar-refractivity contribution in [3.05, 3.63) is 23.9 Å². The van der Waals surface area contributed by atoms with E-state index in [0.717, 1.165) is 12.0 Å². The molecule has 0 saturated carbocycles. The molecule has 1 aliphatic heterocycles. The quantitative estimate of drug-likeness (QED) is 0.840. The number of pyridine rings is 1. The molecule has 2 heterocycles. The largest absolute Gasteiger partial charge is 0.384 e. The zero-order chi connectivity index (χ0) is 14.0. The van der Waals surface area contributed by atoms with Gasteiger partial charge in [0.25, 0.3) is 5.91 Å². The fourth-order valence-electron chi connectivity index (χ4n) is 1.87. The van der Waals surface area contributed by atoms with E-state index in [9.17, 15) is 13.2 Å².